The van der Waals surface area contributed by atoms with Crippen molar-refractivity contribution < 1.29 is 24.6 Å². The summed E-state index contributed by atoms with van der Waals surface area (Å²) in [7, 11) is 0. The molecule has 0 radical (unpaired) electrons. The van der Waals surface area contributed by atoms with E-state index >= 15 is 0 Å². The average molecular weight is 463 g/mol. The molecule has 1 aliphatic rings. The minimum atomic E-state index is -1.22. The third-order valence-electron chi connectivity index (χ3n) is 5.79. The van der Waals surface area contributed by atoms with E-state index in [1.807, 2.05) is 23.2 Å². The van der Waals surface area contributed by atoms with E-state index in [1.54, 1.807) is 30.6 Å². The van der Waals surface area contributed by atoms with Crippen LogP contribution in [-0.2, 0) is 20.9 Å². The molecular weight excluding hydrogens is 438 g/mol. The smallest absolute Gasteiger partial charge is 0.328 e. The summed E-state index contributed by atoms with van der Waals surface area (Å²) in [4.78, 5) is 46.4. The third kappa shape index (κ3) is 5.48. The summed E-state index contributed by atoms with van der Waals surface area (Å²) in [5, 5.41) is 22.0. The molecule has 0 spiro atoms. The maximum Gasteiger partial charge on any atom is 0.328 e. The van der Waals surface area contributed by atoms with Crippen LogP contribution >= 0.6 is 0 Å². The zero-order valence-corrected chi connectivity index (χ0v) is 18.3. The Balaban J connectivity index is 1.50. The number of aromatic amines is 1. The number of piperazine rings is 1. The first kappa shape index (κ1) is 23.1. The number of benzene rings is 1. The van der Waals surface area contributed by atoms with Gasteiger partial charge < -0.3 is 20.5 Å². The Bertz CT molecular complexity index is 1210. The molecule has 4 rings (SSSR count). The number of pyridine rings is 1. The Hall–Kier alpha value is -4.02. The van der Waals surface area contributed by atoms with Gasteiger partial charge in [-0.15, -0.1) is 0 Å². The van der Waals surface area contributed by atoms with E-state index in [0.717, 1.165) is 42.9 Å². The van der Waals surface area contributed by atoms with Crippen LogP contribution in [0.4, 0.5) is 5.69 Å². The van der Waals surface area contributed by atoms with Crippen LogP contribution < -0.4 is 5.32 Å². The van der Waals surface area contributed by atoms with Gasteiger partial charge in [0.05, 0.1) is 0 Å². The molecule has 0 bridgehead atoms. The van der Waals surface area contributed by atoms with Gasteiger partial charge in [0.2, 0.25) is 5.91 Å². The highest BCUT2D eigenvalue weighted by Gasteiger charge is 2.32. The van der Waals surface area contributed by atoms with Gasteiger partial charge in [0.1, 0.15) is 6.04 Å². The van der Waals surface area contributed by atoms with Crippen molar-refractivity contribution in [3.8, 4) is 0 Å². The molecule has 1 aromatic carbocycles. The van der Waals surface area contributed by atoms with Gasteiger partial charge in [-0.2, -0.15) is 0 Å². The van der Waals surface area contributed by atoms with Crippen LogP contribution in [0.3, 0.4) is 0 Å². The van der Waals surface area contributed by atoms with Crippen LogP contribution in [-0.4, -0.2) is 74.0 Å². The number of anilines is 1. The molecular formula is C24H25N5O5. The van der Waals surface area contributed by atoms with E-state index in [1.165, 1.54) is 0 Å². The SMILES string of the molecule is O=C(O)/C=C/C(=O)Nc1ccc2[nH]cc(C(C(=O)O)N3CCN(Cc4cccnc4)CC3)c2c1. The number of amides is 1. The van der Waals surface area contributed by atoms with Gasteiger partial charge in [0.25, 0.3) is 0 Å². The van der Waals surface area contributed by atoms with Crippen LogP contribution in [0.5, 0.6) is 0 Å². The van der Waals surface area contributed by atoms with Crippen molar-refractivity contribution in [1.29, 1.82) is 0 Å². The molecule has 4 N–H and O–H groups in total. The summed E-state index contributed by atoms with van der Waals surface area (Å²) < 4.78 is 0. The molecule has 0 aliphatic carbocycles. The minimum absolute atomic E-state index is 0.443. The van der Waals surface area contributed by atoms with Gasteiger partial charge in [-0.05, 0) is 29.8 Å². The molecule has 176 valence electrons. The lowest BCUT2D eigenvalue weighted by atomic mass is 10.0. The lowest BCUT2D eigenvalue weighted by molar-refractivity contribution is -0.144. The predicted octanol–water partition coefficient (Wildman–Crippen LogP) is 2.09. The summed E-state index contributed by atoms with van der Waals surface area (Å²) in [5.41, 5.74) is 2.92. The van der Waals surface area contributed by atoms with Gasteiger partial charge in [-0.3, -0.25) is 24.4 Å². The van der Waals surface area contributed by atoms with E-state index in [4.69, 9.17) is 5.11 Å². The van der Waals surface area contributed by atoms with Gasteiger partial charge in [0, 0.05) is 85.6 Å². The summed E-state index contributed by atoms with van der Waals surface area (Å²) in [6.07, 6.45) is 6.96. The standard InChI is InChI=1S/C24H25N5O5/c30-21(5-6-22(31)32)27-17-3-4-20-18(12-17)19(14-26-20)23(24(33)34)29-10-8-28(9-11-29)15-16-2-1-7-25-13-16/h1-7,12-14,23,26H,8-11,15H2,(H,27,30)(H,31,32)(H,33,34)/b6-5+. The van der Waals surface area contributed by atoms with Gasteiger partial charge in [-0.25, -0.2) is 4.79 Å². The van der Waals surface area contributed by atoms with Crippen molar-refractivity contribution >= 4 is 34.4 Å². The number of fused-ring (bicyclic) bond motifs is 1. The second kappa shape index (κ2) is 10.3. The molecule has 3 aromatic rings. The van der Waals surface area contributed by atoms with Gasteiger partial charge in [0.15, 0.2) is 0 Å². The molecule has 2 aromatic heterocycles. The number of rotatable bonds is 8. The zero-order chi connectivity index (χ0) is 24.1. The van der Waals surface area contributed by atoms with E-state index in [-0.39, 0.29) is 0 Å². The Morgan fingerprint density at radius 1 is 1.12 bits per heavy atom. The number of carbonyl (C=O) groups excluding carboxylic acids is 1. The van der Waals surface area contributed by atoms with E-state index in [2.05, 4.69) is 20.2 Å². The van der Waals surface area contributed by atoms with Crippen molar-refractivity contribution in [2.24, 2.45) is 0 Å². The van der Waals surface area contributed by atoms with Crippen molar-refractivity contribution in [1.82, 2.24) is 19.8 Å². The number of hydrogen-bond acceptors (Lipinski definition) is 6. The molecule has 1 fully saturated rings. The number of carboxylic acid groups (broad SMARTS) is 2. The van der Waals surface area contributed by atoms with Gasteiger partial charge >= 0.3 is 11.9 Å². The number of nitrogens with one attached hydrogen (secondary N) is 2. The second-order valence-corrected chi connectivity index (χ2v) is 8.08. The fourth-order valence-corrected chi connectivity index (χ4v) is 4.19. The van der Waals surface area contributed by atoms with Gasteiger partial charge in [-0.1, -0.05) is 6.07 Å². The van der Waals surface area contributed by atoms with Crippen molar-refractivity contribution in [3.63, 3.8) is 0 Å². The summed E-state index contributed by atoms with van der Waals surface area (Å²) >= 11 is 0. The largest absolute Gasteiger partial charge is 0.480 e. The molecule has 3 heterocycles. The molecule has 1 aliphatic heterocycles. The second-order valence-electron chi connectivity index (χ2n) is 8.08. The van der Waals surface area contributed by atoms with E-state index < -0.39 is 23.9 Å². The van der Waals surface area contributed by atoms with Crippen LogP contribution in [0, 0.1) is 0 Å². The van der Waals surface area contributed by atoms with E-state index in [0.29, 0.717) is 29.7 Å². The highest BCUT2D eigenvalue weighted by Crippen LogP contribution is 2.31. The Labute approximate surface area is 195 Å². The Morgan fingerprint density at radius 2 is 1.91 bits per heavy atom. The fraction of sp³-hybridized carbons (Fsp3) is 0.250. The quantitative estimate of drug-likeness (QED) is 0.373. The topological polar surface area (TPSA) is 139 Å². The first-order valence-electron chi connectivity index (χ1n) is 10.8. The van der Waals surface area contributed by atoms with Crippen LogP contribution in [0.15, 0.2) is 61.1 Å². The van der Waals surface area contributed by atoms with Crippen molar-refractivity contribution in [2.75, 3.05) is 31.5 Å². The number of carbonyl (C=O) groups is 3. The lowest BCUT2D eigenvalue weighted by Gasteiger charge is -2.37. The molecule has 10 heteroatoms. The summed E-state index contributed by atoms with van der Waals surface area (Å²) in [6, 6.07) is 8.21. The maximum absolute atomic E-state index is 12.3. The minimum Gasteiger partial charge on any atom is -0.480 e. The molecule has 1 amide bonds. The van der Waals surface area contributed by atoms with Crippen molar-refractivity contribution in [2.45, 2.75) is 12.6 Å². The molecule has 1 saturated heterocycles. The van der Waals surface area contributed by atoms with Crippen LogP contribution in [0.25, 0.3) is 10.9 Å². The number of carboxylic acids is 2. The lowest BCUT2D eigenvalue weighted by Crippen LogP contribution is -2.48. The number of hydrogen-bond donors (Lipinski definition) is 4. The zero-order valence-electron chi connectivity index (χ0n) is 18.3. The molecule has 0 saturated carbocycles. The third-order valence-corrected chi connectivity index (χ3v) is 5.79. The number of nitrogens with zero attached hydrogens (tertiary/aromatic N) is 3. The molecule has 10 nitrogen and oxygen atoms in total. The highest BCUT2D eigenvalue weighted by molar-refractivity contribution is 6.03. The van der Waals surface area contributed by atoms with Crippen LogP contribution in [0.2, 0.25) is 0 Å². The first-order chi connectivity index (χ1) is 16.4. The summed E-state index contributed by atoms with van der Waals surface area (Å²) in [6.45, 7) is 3.43. The number of H-pyrrole nitrogens is 1. The predicted molar refractivity (Wildman–Crippen MR) is 125 cm³/mol. The summed E-state index contributed by atoms with van der Waals surface area (Å²) in [5.74, 6) is -2.75. The first-order valence-corrected chi connectivity index (χ1v) is 10.8. The fourth-order valence-electron chi connectivity index (χ4n) is 4.19. The number of aromatic nitrogens is 2. The highest BCUT2D eigenvalue weighted by atomic mass is 16.4. The average Bonchev–Trinajstić information content (AvgIpc) is 3.22. The van der Waals surface area contributed by atoms with E-state index in [9.17, 15) is 19.5 Å². The maximum atomic E-state index is 12.3. The normalized spacial score (nSPS) is 16.0. The monoisotopic (exact) mass is 463 g/mol. The molecule has 1 unspecified atom stereocenters. The molecule has 1 atom stereocenters. The Morgan fingerprint density at radius 3 is 2.59 bits per heavy atom. The van der Waals surface area contributed by atoms with Crippen LogP contribution in [0.1, 0.15) is 17.2 Å². The number of aliphatic carboxylic acids is 2. The Kier molecular flexibility index (Phi) is 7.00. The molecule has 34 heavy (non-hydrogen) atoms. The van der Waals surface area contributed by atoms with Crippen molar-refractivity contribution in [3.05, 3.63) is 72.2 Å².